The molecule has 0 aliphatic heterocycles. The van der Waals surface area contributed by atoms with E-state index in [0.29, 0.717) is 29.2 Å². The molecule has 0 saturated heterocycles. The summed E-state index contributed by atoms with van der Waals surface area (Å²) in [4.78, 5) is 22.0. The number of nitrogens with zero attached hydrogens (tertiary/aromatic N) is 4. The number of thiophene rings is 1. The number of ether oxygens (including phenoxy) is 1. The van der Waals surface area contributed by atoms with Crippen LogP contribution in [-0.4, -0.2) is 26.3 Å². The van der Waals surface area contributed by atoms with Gasteiger partial charge >= 0.3 is 0 Å². The summed E-state index contributed by atoms with van der Waals surface area (Å²) in [5.41, 5.74) is 1.66. The minimum Gasteiger partial charge on any atom is -0.494 e. The van der Waals surface area contributed by atoms with Gasteiger partial charge in [0.15, 0.2) is 5.16 Å². The first-order chi connectivity index (χ1) is 14.2. The van der Waals surface area contributed by atoms with Crippen molar-refractivity contribution in [3.63, 3.8) is 0 Å². The summed E-state index contributed by atoms with van der Waals surface area (Å²) < 4.78 is 13.4. The minimum absolute atomic E-state index is 0.0515. The van der Waals surface area contributed by atoms with Gasteiger partial charge in [0.2, 0.25) is 11.7 Å². The predicted molar refractivity (Wildman–Crippen MR) is 113 cm³/mol. The zero-order chi connectivity index (χ0) is 19.8. The van der Waals surface area contributed by atoms with E-state index in [4.69, 9.17) is 14.2 Å². The molecule has 0 bridgehead atoms. The van der Waals surface area contributed by atoms with E-state index in [1.807, 2.05) is 47.2 Å². The van der Waals surface area contributed by atoms with Crippen molar-refractivity contribution in [1.29, 1.82) is 0 Å². The molecule has 0 spiro atoms. The van der Waals surface area contributed by atoms with E-state index in [9.17, 15) is 4.79 Å². The largest absolute Gasteiger partial charge is 0.494 e. The number of thioether (sulfide) groups is 1. The Kier molecular flexibility index (Phi) is 4.84. The van der Waals surface area contributed by atoms with Crippen LogP contribution >= 0.6 is 23.1 Å². The molecule has 1 fully saturated rings. The molecule has 0 unspecified atom stereocenters. The van der Waals surface area contributed by atoms with E-state index < -0.39 is 0 Å². The lowest BCUT2D eigenvalue weighted by Crippen LogP contribution is -2.21. The molecule has 9 heteroatoms. The van der Waals surface area contributed by atoms with Gasteiger partial charge in [0, 0.05) is 11.6 Å². The number of benzene rings is 1. The molecule has 0 atom stereocenters. The van der Waals surface area contributed by atoms with E-state index in [0.717, 1.165) is 34.4 Å². The number of fused-ring (bicyclic) bond motifs is 1. The minimum atomic E-state index is 0.0515. The summed E-state index contributed by atoms with van der Waals surface area (Å²) in [6.45, 7) is 2.57. The molecule has 7 nitrogen and oxygen atoms in total. The summed E-state index contributed by atoms with van der Waals surface area (Å²) >= 11 is 2.91. The van der Waals surface area contributed by atoms with E-state index in [1.54, 1.807) is 0 Å². The highest BCUT2D eigenvalue weighted by atomic mass is 32.2. The molecule has 0 radical (unpaired) electrons. The molecule has 1 saturated carbocycles. The second-order valence-corrected chi connectivity index (χ2v) is 8.55. The zero-order valence-corrected chi connectivity index (χ0v) is 17.3. The van der Waals surface area contributed by atoms with Crippen LogP contribution < -0.4 is 10.3 Å². The van der Waals surface area contributed by atoms with Crippen LogP contribution in [0.3, 0.4) is 0 Å². The van der Waals surface area contributed by atoms with E-state index in [1.165, 1.54) is 23.1 Å². The van der Waals surface area contributed by atoms with Gasteiger partial charge in [0.1, 0.15) is 10.4 Å². The highest BCUT2D eigenvalue weighted by Crippen LogP contribution is 2.37. The normalized spacial score (nSPS) is 13.8. The van der Waals surface area contributed by atoms with Gasteiger partial charge in [-0.05, 0) is 55.5 Å². The molecule has 0 amide bonds. The first-order valence-electron chi connectivity index (χ1n) is 9.41. The molecule has 1 aliphatic carbocycles. The summed E-state index contributed by atoms with van der Waals surface area (Å²) in [6, 6.07) is 9.73. The molecular formula is C20H18N4O3S2. The second kappa shape index (κ2) is 7.64. The van der Waals surface area contributed by atoms with Crippen molar-refractivity contribution in [3.8, 4) is 17.1 Å². The van der Waals surface area contributed by atoms with Gasteiger partial charge in [0.25, 0.3) is 5.56 Å². The van der Waals surface area contributed by atoms with E-state index in [-0.39, 0.29) is 11.6 Å². The van der Waals surface area contributed by atoms with Crippen LogP contribution in [0.15, 0.2) is 50.2 Å². The molecule has 4 aromatic rings. The molecule has 3 heterocycles. The number of hydrogen-bond donors (Lipinski definition) is 0. The lowest BCUT2D eigenvalue weighted by molar-refractivity contribution is 0.340. The Balaban J connectivity index is 1.36. The Bertz CT molecular complexity index is 1210. The summed E-state index contributed by atoms with van der Waals surface area (Å²) in [5.74, 6) is 2.30. The third-order valence-corrected chi connectivity index (χ3v) is 6.44. The average molecular weight is 427 g/mol. The Morgan fingerprint density at radius 1 is 1.24 bits per heavy atom. The van der Waals surface area contributed by atoms with Crippen LogP contribution in [0.1, 0.15) is 31.7 Å². The smallest absolute Gasteiger partial charge is 0.272 e. The van der Waals surface area contributed by atoms with Crippen molar-refractivity contribution >= 4 is 33.3 Å². The molecule has 29 heavy (non-hydrogen) atoms. The third kappa shape index (κ3) is 3.67. The van der Waals surface area contributed by atoms with Crippen molar-refractivity contribution in [2.24, 2.45) is 0 Å². The Labute approximate surface area is 174 Å². The predicted octanol–water partition coefficient (Wildman–Crippen LogP) is 4.53. The first-order valence-corrected chi connectivity index (χ1v) is 11.3. The molecule has 5 rings (SSSR count). The van der Waals surface area contributed by atoms with Crippen molar-refractivity contribution < 1.29 is 9.26 Å². The molecule has 3 aromatic heterocycles. The quantitative estimate of drug-likeness (QED) is 0.317. The van der Waals surface area contributed by atoms with E-state index >= 15 is 0 Å². The highest BCUT2D eigenvalue weighted by molar-refractivity contribution is 7.98. The van der Waals surface area contributed by atoms with Crippen LogP contribution in [0.25, 0.3) is 21.6 Å². The SMILES string of the molecule is CCOc1ccc(-c2noc(CSc3nc4ccsc4c(=O)n3C3CC3)n2)cc1. The fourth-order valence-electron chi connectivity index (χ4n) is 3.08. The molecular weight excluding hydrogens is 408 g/mol. The van der Waals surface area contributed by atoms with Crippen molar-refractivity contribution in [2.45, 2.75) is 36.7 Å². The van der Waals surface area contributed by atoms with Gasteiger partial charge in [-0.1, -0.05) is 16.9 Å². The molecule has 0 N–H and O–H groups in total. The standard InChI is InChI=1S/C20H18N4O3S2/c1-2-26-14-7-3-12(4-8-14)18-22-16(27-23-18)11-29-20-21-15-9-10-28-17(15)19(25)24(20)13-5-6-13/h3-4,7-10,13H,2,5-6,11H2,1H3. The Morgan fingerprint density at radius 2 is 2.07 bits per heavy atom. The topological polar surface area (TPSA) is 83.0 Å². The third-order valence-electron chi connectivity index (χ3n) is 4.61. The van der Waals surface area contributed by atoms with E-state index in [2.05, 4.69) is 10.1 Å². The van der Waals surface area contributed by atoms with Crippen LogP contribution in [0, 0.1) is 0 Å². The zero-order valence-electron chi connectivity index (χ0n) is 15.7. The van der Waals surface area contributed by atoms with Gasteiger partial charge in [-0.2, -0.15) is 4.98 Å². The maximum atomic E-state index is 12.8. The van der Waals surface area contributed by atoms with Crippen LogP contribution in [0.5, 0.6) is 5.75 Å². The van der Waals surface area contributed by atoms with Gasteiger partial charge in [-0.3, -0.25) is 9.36 Å². The lowest BCUT2D eigenvalue weighted by atomic mass is 10.2. The Morgan fingerprint density at radius 3 is 2.83 bits per heavy atom. The van der Waals surface area contributed by atoms with Gasteiger partial charge in [-0.25, -0.2) is 4.98 Å². The maximum absolute atomic E-state index is 12.8. The fraction of sp³-hybridized carbons (Fsp3) is 0.300. The van der Waals surface area contributed by atoms with Crippen molar-refractivity contribution in [1.82, 2.24) is 19.7 Å². The maximum Gasteiger partial charge on any atom is 0.272 e. The monoisotopic (exact) mass is 426 g/mol. The molecule has 1 aliphatic rings. The summed E-state index contributed by atoms with van der Waals surface area (Å²) in [5, 5.41) is 6.70. The summed E-state index contributed by atoms with van der Waals surface area (Å²) in [6.07, 6.45) is 2.04. The van der Waals surface area contributed by atoms with Crippen LogP contribution in [-0.2, 0) is 5.75 Å². The Hall–Kier alpha value is -2.65. The van der Waals surface area contributed by atoms with Gasteiger partial charge < -0.3 is 9.26 Å². The highest BCUT2D eigenvalue weighted by Gasteiger charge is 2.29. The van der Waals surface area contributed by atoms with Crippen molar-refractivity contribution in [3.05, 3.63) is 52.0 Å². The van der Waals surface area contributed by atoms with Gasteiger partial charge in [0.05, 0.1) is 17.9 Å². The lowest BCUT2D eigenvalue weighted by Gasteiger charge is -2.09. The second-order valence-electron chi connectivity index (χ2n) is 6.69. The number of rotatable bonds is 7. The fourth-order valence-corrected chi connectivity index (χ4v) is 4.75. The van der Waals surface area contributed by atoms with Crippen LogP contribution in [0.4, 0.5) is 0 Å². The molecule has 1 aromatic carbocycles. The number of aromatic nitrogens is 4. The average Bonchev–Trinajstić information content (AvgIpc) is 3.25. The van der Waals surface area contributed by atoms with Crippen molar-refractivity contribution in [2.75, 3.05) is 6.61 Å². The summed E-state index contributed by atoms with van der Waals surface area (Å²) in [7, 11) is 0. The van der Waals surface area contributed by atoms with Crippen LogP contribution in [0.2, 0.25) is 0 Å². The first kappa shape index (κ1) is 18.4. The number of hydrogen-bond acceptors (Lipinski definition) is 8. The molecule has 148 valence electrons. The van der Waals surface area contributed by atoms with Gasteiger partial charge in [-0.15, -0.1) is 11.3 Å².